The van der Waals surface area contributed by atoms with E-state index in [1.807, 2.05) is 6.07 Å². The average Bonchev–Trinajstić information content (AvgIpc) is 2.39. The van der Waals surface area contributed by atoms with Gasteiger partial charge >= 0.3 is 6.18 Å². The second-order valence-corrected chi connectivity index (χ2v) is 5.87. The Morgan fingerprint density at radius 3 is 1.86 bits per heavy atom. The van der Waals surface area contributed by atoms with Crippen molar-refractivity contribution in [2.24, 2.45) is 0 Å². The van der Waals surface area contributed by atoms with E-state index in [1.54, 1.807) is 0 Å². The normalized spacial score (nSPS) is 12.7. The summed E-state index contributed by atoms with van der Waals surface area (Å²) < 4.78 is 39.4. The summed E-state index contributed by atoms with van der Waals surface area (Å²) in [5, 5.41) is 0. The second-order valence-electron chi connectivity index (χ2n) is 5.87. The van der Waals surface area contributed by atoms with Gasteiger partial charge in [0.15, 0.2) is 0 Å². The number of halogens is 3. The highest BCUT2D eigenvalue weighted by Gasteiger charge is 2.31. The van der Waals surface area contributed by atoms with Crippen LogP contribution in [0.3, 0.4) is 0 Å². The first kappa shape index (κ1) is 18.0. The van der Waals surface area contributed by atoms with Crippen molar-refractivity contribution in [1.29, 1.82) is 0 Å². The van der Waals surface area contributed by atoms with Crippen LogP contribution in [0.2, 0.25) is 0 Å². The highest BCUT2D eigenvalue weighted by Crippen LogP contribution is 2.30. The van der Waals surface area contributed by atoms with Crippen LogP contribution in [0.1, 0.15) is 51.2 Å². The monoisotopic (exact) mass is 302 g/mol. The van der Waals surface area contributed by atoms with Crippen LogP contribution < -0.4 is 0 Å². The summed E-state index contributed by atoms with van der Waals surface area (Å²) in [6.07, 6.45) is -1.09. The van der Waals surface area contributed by atoms with Gasteiger partial charge in [0.05, 0.1) is 25.2 Å². The molecule has 0 saturated carbocycles. The fraction of sp³-hybridized carbons (Fsp3) is 0.647. The second kappa shape index (κ2) is 7.83. The predicted octanol–water partition coefficient (Wildman–Crippen LogP) is 5.25. The van der Waals surface area contributed by atoms with Gasteiger partial charge in [0.25, 0.3) is 0 Å². The van der Waals surface area contributed by atoms with Crippen LogP contribution in [0.15, 0.2) is 24.3 Å². The smallest absolute Gasteiger partial charge is 0.320 e. The molecule has 0 aromatic heterocycles. The maximum absolute atomic E-state index is 12.8. The van der Waals surface area contributed by atoms with Crippen LogP contribution >= 0.6 is 0 Å². The summed E-state index contributed by atoms with van der Waals surface area (Å²) in [6, 6.07) is 5.81. The Morgan fingerprint density at radius 2 is 1.43 bits per heavy atom. The van der Waals surface area contributed by atoms with E-state index >= 15 is 0 Å². The topological polar surface area (TPSA) is 0 Å². The molecule has 0 N–H and O–H groups in total. The minimum absolute atomic E-state index is 0.539. The van der Waals surface area contributed by atoms with Crippen molar-refractivity contribution in [3.05, 3.63) is 35.4 Å². The van der Waals surface area contributed by atoms with Gasteiger partial charge < -0.3 is 4.48 Å². The summed E-state index contributed by atoms with van der Waals surface area (Å²) in [5.41, 5.74) is 0.253. The predicted molar refractivity (Wildman–Crippen MR) is 80.9 cm³/mol. The molecule has 0 heterocycles. The molecule has 0 atom stereocenters. The first-order valence-electron chi connectivity index (χ1n) is 7.88. The lowest BCUT2D eigenvalue weighted by Gasteiger charge is -2.38. The van der Waals surface area contributed by atoms with E-state index in [1.165, 1.54) is 12.1 Å². The molecule has 0 amide bonds. The largest absolute Gasteiger partial charge is 0.416 e. The molecule has 4 heteroatoms. The first-order valence-corrected chi connectivity index (χ1v) is 7.88. The Balaban J connectivity index is 3.02. The molecule has 1 aromatic carbocycles. The molecule has 0 fully saturated rings. The highest BCUT2D eigenvalue weighted by atomic mass is 19.4. The molecule has 0 saturated heterocycles. The summed E-state index contributed by atoms with van der Waals surface area (Å²) in [7, 11) is 0. The van der Waals surface area contributed by atoms with E-state index in [-0.39, 0.29) is 0 Å². The summed E-state index contributed by atoms with van der Waals surface area (Å²) in [5.74, 6) is 0. The van der Waals surface area contributed by atoms with E-state index in [0.29, 0.717) is 6.54 Å². The molecule has 0 aliphatic carbocycles. The Labute approximate surface area is 126 Å². The lowest BCUT2D eigenvalue weighted by atomic mass is 10.1. The van der Waals surface area contributed by atoms with Crippen molar-refractivity contribution in [3.8, 4) is 0 Å². The lowest BCUT2D eigenvalue weighted by Crippen LogP contribution is -2.48. The van der Waals surface area contributed by atoms with Crippen LogP contribution in [-0.4, -0.2) is 24.1 Å². The van der Waals surface area contributed by atoms with Gasteiger partial charge in [-0.2, -0.15) is 13.2 Å². The zero-order valence-electron chi connectivity index (χ0n) is 13.3. The van der Waals surface area contributed by atoms with Crippen LogP contribution in [0.4, 0.5) is 13.2 Å². The van der Waals surface area contributed by atoms with Gasteiger partial charge in [-0.1, -0.05) is 32.9 Å². The number of hydrogen-bond donors (Lipinski definition) is 0. The molecule has 21 heavy (non-hydrogen) atoms. The van der Waals surface area contributed by atoms with Gasteiger partial charge in [0.1, 0.15) is 6.54 Å². The van der Waals surface area contributed by atoms with Crippen LogP contribution in [0.5, 0.6) is 0 Å². The molecule has 0 unspecified atom stereocenters. The molecule has 0 spiro atoms. The fourth-order valence-electron chi connectivity index (χ4n) is 3.23. The average molecular weight is 302 g/mol. The van der Waals surface area contributed by atoms with E-state index in [9.17, 15) is 13.2 Å². The van der Waals surface area contributed by atoms with Gasteiger partial charge in [-0.25, -0.2) is 0 Å². The zero-order chi connectivity index (χ0) is 15.9. The molecule has 0 bridgehead atoms. The molecule has 1 nitrogen and oxygen atoms in total. The number of alkyl halides is 3. The molecule has 0 radical (unpaired) electrons. The molecular weight excluding hydrogens is 275 g/mol. The minimum Gasteiger partial charge on any atom is -0.320 e. The highest BCUT2D eigenvalue weighted by molar-refractivity contribution is 5.25. The SMILES string of the molecule is CCC[N+](CCC)(CCC)Cc1cccc(C(F)(F)F)c1. The maximum atomic E-state index is 12.8. The lowest BCUT2D eigenvalue weighted by molar-refractivity contribution is -0.941. The third-order valence-corrected chi connectivity index (χ3v) is 3.87. The van der Waals surface area contributed by atoms with E-state index in [2.05, 4.69) is 20.8 Å². The van der Waals surface area contributed by atoms with Crippen molar-refractivity contribution in [1.82, 2.24) is 0 Å². The van der Waals surface area contributed by atoms with E-state index in [4.69, 9.17) is 0 Å². The zero-order valence-corrected chi connectivity index (χ0v) is 13.3. The first-order chi connectivity index (χ1) is 9.87. The summed E-state index contributed by atoms with van der Waals surface area (Å²) >= 11 is 0. The standard InChI is InChI=1S/C17H27F3N/c1-4-10-21(11-5-2,12-6-3)14-15-8-7-9-16(13-15)17(18,19)20/h7-9,13H,4-6,10-12,14H2,1-3H3/q+1. The number of hydrogen-bond acceptors (Lipinski definition) is 0. The summed E-state index contributed by atoms with van der Waals surface area (Å²) in [4.78, 5) is 0. The van der Waals surface area contributed by atoms with Gasteiger partial charge in [-0.05, 0) is 31.4 Å². The minimum atomic E-state index is -4.26. The van der Waals surface area contributed by atoms with E-state index in [0.717, 1.165) is 55.0 Å². The number of benzene rings is 1. The third-order valence-electron chi connectivity index (χ3n) is 3.87. The van der Waals surface area contributed by atoms with Crippen molar-refractivity contribution in [3.63, 3.8) is 0 Å². The maximum Gasteiger partial charge on any atom is 0.416 e. The van der Waals surface area contributed by atoms with Gasteiger partial charge in [-0.3, -0.25) is 0 Å². The summed E-state index contributed by atoms with van der Waals surface area (Å²) in [6.45, 7) is 10.2. The Morgan fingerprint density at radius 1 is 0.905 bits per heavy atom. The van der Waals surface area contributed by atoms with Crippen molar-refractivity contribution >= 4 is 0 Å². The molecular formula is C17H27F3N+. The Kier molecular flexibility index (Phi) is 6.72. The number of rotatable bonds is 8. The van der Waals surface area contributed by atoms with Crippen LogP contribution in [0, 0.1) is 0 Å². The van der Waals surface area contributed by atoms with Gasteiger partial charge in [0.2, 0.25) is 0 Å². The molecule has 0 aliphatic rings. The molecule has 120 valence electrons. The number of nitrogens with zero attached hydrogens (tertiary/aromatic N) is 1. The third kappa shape index (κ3) is 5.34. The Hall–Kier alpha value is -1.03. The van der Waals surface area contributed by atoms with Crippen molar-refractivity contribution in [2.75, 3.05) is 19.6 Å². The quantitative estimate of drug-likeness (QED) is 0.575. The number of quaternary nitrogens is 1. The molecule has 1 rings (SSSR count). The molecule has 0 aliphatic heterocycles. The van der Waals surface area contributed by atoms with E-state index < -0.39 is 11.7 Å². The Bertz CT molecular complexity index is 409. The van der Waals surface area contributed by atoms with Gasteiger partial charge in [0, 0.05) is 5.56 Å². The van der Waals surface area contributed by atoms with Gasteiger partial charge in [-0.15, -0.1) is 0 Å². The van der Waals surface area contributed by atoms with Crippen LogP contribution in [-0.2, 0) is 12.7 Å². The fourth-order valence-corrected chi connectivity index (χ4v) is 3.23. The van der Waals surface area contributed by atoms with Crippen molar-refractivity contribution in [2.45, 2.75) is 52.8 Å². The molecule has 1 aromatic rings. The van der Waals surface area contributed by atoms with Crippen molar-refractivity contribution < 1.29 is 17.7 Å². The van der Waals surface area contributed by atoms with Crippen LogP contribution in [0.25, 0.3) is 0 Å².